The molecule has 0 atom stereocenters. The molecule has 34 heavy (non-hydrogen) atoms. The third-order valence-electron chi connectivity index (χ3n) is 7.86. The first-order valence-electron chi connectivity index (χ1n) is 13.6. The molecule has 0 aliphatic heterocycles. The van der Waals surface area contributed by atoms with Gasteiger partial charge in [-0.3, -0.25) is 0 Å². The molecule has 0 radical (unpaired) electrons. The molecule has 190 valence electrons. The van der Waals surface area contributed by atoms with Crippen LogP contribution in [0.5, 0.6) is 5.75 Å². The number of aryl methyl sites for hydroxylation is 2. The van der Waals surface area contributed by atoms with Gasteiger partial charge < -0.3 is 10.2 Å². The molecule has 2 aromatic carbocycles. The number of unbranched alkanes of at least 4 members (excludes halogenated alkanes) is 1. The lowest BCUT2D eigenvalue weighted by Crippen LogP contribution is -2.20. The molecule has 2 heteroatoms. The molecule has 0 aliphatic rings. The van der Waals surface area contributed by atoms with Crippen LogP contribution in [0.15, 0.2) is 24.3 Å². The van der Waals surface area contributed by atoms with Crippen molar-refractivity contribution in [3.05, 3.63) is 63.2 Å². The highest BCUT2D eigenvalue weighted by Gasteiger charge is 2.26. The van der Waals surface area contributed by atoms with Crippen LogP contribution in [0.1, 0.15) is 126 Å². The Morgan fingerprint density at radius 1 is 0.735 bits per heavy atom. The zero-order valence-electron chi connectivity index (χ0n) is 23.3. The summed E-state index contributed by atoms with van der Waals surface area (Å²) in [4.78, 5) is 0. The van der Waals surface area contributed by atoms with Crippen LogP contribution in [0.3, 0.4) is 0 Å². The van der Waals surface area contributed by atoms with Crippen LogP contribution in [0.25, 0.3) is 0 Å². The highest BCUT2D eigenvalue weighted by Crippen LogP contribution is 2.39. The first-order chi connectivity index (χ1) is 16.0. The smallest absolute Gasteiger partial charge is 0.122 e. The number of rotatable bonds is 13. The Bertz CT molecular complexity index is 937. The number of hydrogen-bond acceptors (Lipinski definition) is 2. The Morgan fingerprint density at radius 2 is 1.32 bits per heavy atom. The SMILES string of the molecule is CCCCc1cc(Cc2cc(CCCO)cc(C(C)(C)CC)c2O)c(C)c(C(C)(C)CCC)c1. The lowest BCUT2D eigenvalue weighted by Gasteiger charge is -2.30. The van der Waals surface area contributed by atoms with Gasteiger partial charge in [0.1, 0.15) is 5.75 Å². The first-order valence-corrected chi connectivity index (χ1v) is 13.6. The lowest BCUT2D eigenvalue weighted by atomic mass is 9.75. The van der Waals surface area contributed by atoms with Crippen molar-refractivity contribution in [1.82, 2.24) is 0 Å². The van der Waals surface area contributed by atoms with E-state index < -0.39 is 0 Å². The molecule has 0 unspecified atom stereocenters. The average Bonchev–Trinajstić information content (AvgIpc) is 2.79. The third kappa shape index (κ3) is 6.87. The molecule has 0 spiro atoms. The second-order valence-corrected chi connectivity index (χ2v) is 11.6. The van der Waals surface area contributed by atoms with Crippen molar-refractivity contribution in [3.8, 4) is 5.75 Å². The van der Waals surface area contributed by atoms with Gasteiger partial charge in [-0.25, -0.2) is 0 Å². The van der Waals surface area contributed by atoms with Gasteiger partial charge in [0, 0.05) is 18.6 Å². The van der Waals surface area contributed by atoms with Gasteiger partial charge in [0.15, 0.2) is 0 Å². The number of aliphatic hydroxyl groups is 1. The van der Waals surface area contributed by atoms with Crippen molar-refractivity contribution in [2.24, 2.45) is 0 Å². The van der Waals surface area contributed by atoms with E-state index in [4.69, 9.17) is 0 Å². The largest absolute Gasteiger partial charge is 0.507 e. The maximum atomic E-state index is 11.4. The van der Waals surface area contributed by atoms with E-state index in [0.29, 0.717) is 5.75 Å². The van der Waals surface area contributed by atoms with Gasteiger partial charge in [-0.15, -0.1) is 0 Å². The Morgan fingerprint density at radius 3 is 1.88 bits per heavy atom. The van der Waals surface area contributed by atoms with E-state index in [0.717, 1.165) is 43.2 Å². The minimum absolute atomic E-state index is 0.0969. The number of aliphatic hydroxyl groups excluding tert-OH is 1. The average molecular weight is 467 g/mol. The normalized spacial score (nSPS) is 12.4. The molecule has 0 fully saturated rings. The van der Waals surface area contributed by atoms with E-state index in [-0.39, 0.29) is 17.4 Å². The van der Waals surface area contributed by atoms with E-state index in [1.165, 1.54) is 53.5 Å². The molecule has 0 aromatic heterocycles. The van der Waals surface area contributed by atoms with Gasteiger partial charge in [0.05, 0.1) is 0 Å². The number of phenols is 1. The standard InChI is InChI=1S/C32H50O2/c1-9-12-14-24-18-26(23(4)28(20-24)32(7,8)16-10-2)22-27-19-25(15-13-17-33)21-29(30(27)34)31(5,6)11-3/h18-21,33-34H,9-17,22H2,1-8H3. The van der Waals surface area contributed by atoms with Gasteiger partial charge in [-0.05, 0) is 89.7 Å². The summed E-state index contributed by atoms with van der Waals surface area (Å²) in [6.45, 7) is 18.3. The minimum Gasteiger partial charge on any atom is -0.507 e. The third-order valence-corrected chi connectivity index (χ3v) is 7.86. The van der Waals surface area contributed by atoms with Crippen molar-refractivity contribution in [2.75, 3.05) is 6.61 Å². The highest BCUT2D eigenvalue weighted by atomic mass is 16.3. The van der Waals surface area contributed by atoms with Gasteiger partial charge in [0.25, 0.3) is 0 Å². The van der Waals surface area contributed by atoms with Crippen LogP contribution in [0.4, 0.5) is 0 Å². The predicted octanol–water partition coefficient (Wildman–Crippen LogP) is 8.32. The second kappa shape index (κ2) is 12.2. The van der Waals surface area contributed by atoms with Crippen molar-refractivity contribution in [3.63, 3.8) is 0 Å². The molecule has 0 aliphatic carbocycles. The minimum atomic E-state index is -0.0969. The van der Waals surface area contributed by atoms with Crippen LogP contribution >= 0.6 is 0 Å². The van der Waals surface area contributed by atoms with Crippen molar-refractivity contribution in [1.29, 1.82) is 0 Å². The van der Waals surface area contributed by atoms with Crippen LogP contribution in [-0.4, -0.2) is 16.8 Å². The summed E-state index contributed by atoms with van der Waals surface area (Å²) in [5.41, 5.74) is 8.89. The van der Waals surface area contributed by atoms with E-state index >= 15 is 0 Å². The summed E-state index contributed by atoms with van der Waals surface area (Å²) >= 11 is 0. The zero-order chi connectivity index (χ0) is 25.5. The van der Waals surface area contributed by atoms with Crippen LogP contribution in [0.2, 0.25) is 0 Å². The molecule has 0 saturated carbocycles. The number of hydrogen-bond donors (Lipinski definition) is 2. The first kappa shape index (κ1) is 28.4. The van der Waals surface area contributed by atoms with Gasteiger partial charge in [-0.2, -0.15) is 0 Å². The summed E-state index contributed by atoms with van der Waals surface area (Å²) in [7, 11) is 0. The van der Waals surface area contributed by atoms with Gasteiger partial charge in [-0.1, -0.05) is 85.6 Å². The van der Waals surface area contributed by atoms with Gasteiger partial charge in [0.2, 0.25) is 0 Å². The topological polar surface area (TPSA) is 40.5 Å². The predicted molar refractivity (Wildman–Crippen MR) is 147 cm³/mol. The van der Waals surface area contributed by atoms with Crippen LogP contribution in [-0.2, 0) is 30.1 Å². The molecule has 2 nitrogen and oxygen atoms in total. The van der Waals surface area contributed by atoms with Crippen LogP contribution in [0, 0.1) is 6.92 Å². The summed E-state index contributed by atoms with van der Waals surface area (Å²) in [5.74, 6) is 0.451. The number of phenolic OH excluding ortho intramolecular Hbond substituents is 1. The molecule has 2 rings (SSSR count). The lowest BCUT2D eigenvalue weighted by molar-refractivity contribution is 0.288. The van der Waals surface area contributed by atoms with E-state index in [2.05, 4.69) is 79.7 Å². The molecular weight excluding hydrogens is 416 g/mol. The van der Waals surface area contributed by atoms with Crippen molar-refractivity contribution in [2.45, 2.75) is 124 Å². The van der Waals surface area contributed by atoms with Crippen molar-refractivity contribution >= 4 is 0 Å². The Labute approximate surface area is 209 Å². The molecule has 0 heterocycles. The van der Waals surface area contributed by atoms with E-state index in [9.17, 15) is 10.2 Å². The molecule has 0 saturated heterocycles. The molecular formula is C32H50O2. The van der Waals surface area contributed by atoms with E-state index in [1.807, 2.05) is 0 Å². The number of aromatic hydroxyl groups is 1. The summed E-state index contributed by atoms with van der Waals surface area (Å²) in [5, 5.41) is 20.8. The summed E-state index contributed by atoms with van der Waals surface area (Å²) < 4.78 is 0. The highest BCUT2D eigenvalue weighted by molar-refractivity contribution is 5.51. The Balaban J connectivity index is 2.65. The van der Waals surface area contributed by atoms with Crippen LogP contribution < -0.4 is 0 Å². The summed E-state index contributed by atoms with van der Waals surface area (Å²) in [6.07, 6.45) is 9.13. The summed E-state index contributed by atoms with van der Waals surface area (Å²) in [6, 6.07) is 9.18. The van der Waals surface area contributed by atoms with Gasteiger partial charge >= 0.3 is 0 Å². The molecule has 0 amide bonds. The second-order valence-electron chi connectivity index (χ2n) is 11.6. The molecule has 0 bridgehead atoms. The molecule has 2 aromatic rings. The number of benzene rings is 2. The fraction of sp³-hybridized carbons (Fsp3) is 0.625. The Kier molecular flexibility index (Phi) is 10.2. The van der Waals surface area contributed by atoms with Crippen molar-refractivity contribution < 1.29 is 10.2 Å². The fourth-order valence-corrected chi connectivity index (χ4v) is 5.25. The maximum Gasteiger partial charge on any atom is 0.122 e. The fourth-order valence-electron chi connectivity index (χ4n) is 5.25. The quantitative estimate of drug-likeness (QED) is 0.311. The Hall–Kier alpha value is -1.80. The monoisotopic (exact) mass is 466 g/mol. The zero-order valence-corrected chi connectivity index (χ0v) is 23.3. The van der Waals surface area contributed by atoms with E-state index in [1.54, 1.807) is 0 Å². The molecule has 2 N–H and O–H groups in total. The maximum absolute atomic E-state index is 11.4.